The summed E-state index contributed by atoms with van der Waals surface area (Å²) in [4.78, 5) is 10.1. The van der Waals surface area contributed by atoms with Crippen LogP contribution in [0.25, 0.3) is 97.5 Å². The van der Waals surface area contributed by atoms with Crippen molar-refractivity contribution in [3.8, 4) is 45.0 Å². The monoisotopic (exact) mass is 640 g/mol. The molecule has 0 atom stereocenters. The van der Waals surface area contributed by atoms with E-state index in [1.54, 1.807) is 0 Å². The Morgan fingerprint density at radius 1 is 0.286 bits per heavy atom. The minimum absolute atomic E-state index is 0.723. The van der Waals surface area contributed by atoms with Gasteiger partial charge in [-0.15, -0.1) is 11.3 Å². The van der Waals surface area contributed by atoms with Crippen LogP contribution < -0.4 is 0 Å². The zero-order valence-electron chi connectivity index (χ0n) is 26.5. The maximum Gasteiger partial charge on any atom is 0.160 e. The summed E-state index contributed by atoms with van der Waals surface area (Å²) in [7, 11) is 0. The number of aromatic nitrogens is 2. The lowest BCUT2D eigenvalue weighted by atomic mass is 9.90. The van der Waals surface area contributed by atoms with E-state index >= 15 is 0 Å². The number of rotatable bonds is 4. The summed E-state index contributed by atoms with van der Waals surface area (Å²) in [6, 6.07) is 60.9. The molecule has 0 saturated carbocycles. The maximum atomic E-state index is 5.13. The van der Waals surface area contributed by atoms with Gasteiger partial charge in [0.1, 0.15) is 0 Å². The van der Waals surface area contributed by atoms with Crippen LogP contribution in [0.2, 0.25) is 0 Å². The van der Waals surface area contributed by atoms with Crippen LogP contribution in [-0.2, 0) is 0 Å². The molecule has 10 rings (SSSR count). The molecule has 0 bridgehead atoms. The largest absolute Gasteiger partial charge is 0.228 e. The average molecular weight is 641 g/mol. The zero-order chi connectivity index (χ0) is 32.3. The lowest BCUT2D eigenvalue weighted by molar-refractivity contribution is 1.18. The van der Waals surface area contributed by atoms with Crippen molar-refractivity contribution in [3.63, 3.8) is 0 Å². The molecule has 0 N–H and O–H groups in total. The summed E-state index contributed by atoms with van der Waals surface area (Å²) in [5, 5.41) is 10.1. The van der Waals surface area contributed by atoms with Crippen molar-refractivity contribution < 1.29 is 0 Å². The molecule has 2 heterocycles. The number of hydrogen-bond donors (Lipinski definition) is 0. The molecular weight excluding hydrogens is 613 g/mol. The summed E-state index contributed by atoms with van der Waals surface area (Å²) < 4.78 is 2.65. The van der Waals surface area contributed by atoms with Gasteiger partial charge in [-0.25, -0.2) is 9.97 Å². The third-order valence-corrected chi connectivity index (χ3v) is 10.8. The van der Waals surface area contributed by atoms with Crippen LogP contribution in [-0.4, -0.2) is 9.97 Å². The molecule has 0 radical (unpaired) electrons. The van der Waals surface area contributed by atoms with Gasteiger partial charge in [-0.1, -0.05) is 133 Å². The molecule has 0 unspecified atom stereocenters. The molecule has 49 heavy (non-hydrogen) atoms. The fraction of sp³-hybridized carbons (Fsp3) is 0. The Hall–Kier alpha value is -6.16. The third-order valence-electron chi connectivity index (χ3n) is 9.67. The number of thiophene rings is 1. The van der Waals surface area contributed by atoms with Crippen molar-refractivity contribution in [1.82, 2.24) is 9.97 Å². The van der Waals surface area contributed by atoms with Crippen LogP contribution in [0, 0.1) is 0 Å². The quantitative estimate of drug-likeness (QED) is 0.179. The first-order valence-corrected chi connectivity index (χ1v) is 17.4. The van der Waals surface area contributed by atoms with Gasteiger partial charge >= 0.3 is 0 Å². The lowest BCUT2D eigenvalue weighted by Crippen LogP contribution is -1.96. The SMILES string of the molecule is c1ccc(-c2cc(-c3ccc4c5ccccc5c5cc(-c6ccc7sc8ccccc8c7c6)ccc5c4c3)nc(-c3ccccc3)n2)cc1. The maximum absolute atomic E-state index is 5.13. The fourth-order valence-electron chi connectivity index (χ4n) is 7.27. The van der Waals surface area contributed by atoms with E-state index in [2.05, 4.69) is 146 Å². The molecule has 3 heteroatoms. The van der Waals surface area contributed by atoms with Gasteiger partial charge in [-0.3, -0.25) is 0 Å². The van der Waals surface area contributed by atoms with Gasteiger partial charge in [0.25, 0.3) is 0 Å². The summed E-state index contributed by atoms with van der Waals surface area (Å²) >= 11 is 1.86. The van der Waals surface area contributed by atoms with E-state index in [9.17, 15) is 0 Å². The summed E-state index contributed by atoms with van der Waals surface area (Å²) in [6.07, 6.45) is 0. The Kier molecular flexibility index (Phi) is 6.39. The predicted octanol–water partition coefficient (Wildman–Crippen LogP) is 13.0. The van der Waals surface area contributed by atoms with Gasteiger partial charge in [0.05, 0.1) is 11.4 Å². The molecule has 0 aliphatic heterocycles. The Labute approximate surface area is 287 Å². The molecule has 10 aromatic rings. The lowest BCUT2D eigenvalue weighted by Gasteiger charge is -2.14. The second-order valence-corrected chi connectivity index (χ2v) is 13.7. The Morgan fingerprint density at radius 3 is 1.49 bits per heavy atom. The van der Waals surface area contributed by atoms with Gasteiger partial charge in [0.15, 0.2) is 5.82 Å². The zero-order valence-corrected chi connectivity index (χ0v) is 27.3. The van der Waals surface area contributed by atoms with E-state index in [0.29, 0.717) is 0 Å². The third kappa shape index (κ3) is 4.70. The summed E-state index contributed by atoms with van der Waals surface area (Å²) in [5.41, 5.74) is 7.41. The van der Waals surface area contributed by atoms with Crippen LogP contribution >= 0.6 is 11.3 Å². The van der Waals surface area contributed by atoms with Crippen molar-refractivity contribution >= 4 is 63.8 Å². The van der Waals surface area contributed by atoms with Gasteiger partial charge in [-0.2, -0.15) is 0 Å². The smallest absolute Gasteiger partial charge is 0.160 e. The number of benzene rings is 8. The molecule has 2 aromatic heterocycles. The van der Waals surface area contributed by atoms with Crippen molar-refractivity contribution in [2.24, 2.45) is 0 Å². The molecule has 0 saturated heterocycles. The number of hydrogen-bond acceptors (Lipinski definition) is 3. The normalized spacial score (nSPS) is 11.7. The second kappa shape index (κ2) is 11.2. The second-order valence-electron chi connectivity index (χ2n) is 12.6. The molecule has 2 nitrogen and oxygen atoms in total. The topological polar surface area (TPSA) is 25.8 Å². The van der Waals surface area contributed by atoms with Crippen molar-refractivity contribution in [3.05, 3.63) is 170 Å². The highest BCUT2D eigenvalue weighted by atomic mass is 32.1. The first-order chi connectivity index (χ1) is 24.3. The van der Waals surface area contributed by atoms with Crippen LogP contribution in [0.4, 0.5) is 0 Å². The van der Waals surface area contributed by atoms with Crippen LogP contribution in [0.15, 0.2) is 170 Å². The highest BCUT2D eigenvalue weighted by molar-refractivity contribution is 7.25. The molecule has 0 aliphatic rings. The molecular formula is C46H28N2S. The van der Waals surface area contributed by atoms with Gasteiger partial charge in [-0.05, 0) is 79.8 Å². The van der Waals surface area contributed by atoms with Gasteiger partial charge < -0.3 is 0 Å². The average Bonchev–Trinajstić information content (AvgIpc) is 3.56. The molecule has 228 valence electrons. The molecule has 0 aliphatic carbocycles. The molecule has 0 fully saturated rings. The minimum Gasteiger partial charge on any atom is -0.228 e. The number of fused-ring (bicyclic) bond motifs is 9. The standard InChI is InChI=1S/C46H28N2S/c1-3-11-29(12-4-1)42-28-43(48-46(47-42)30-13-5-2-6-14-30)33-20-23-36-34-15-7-8-16-35(34)39-25-31(19-22-37(39)40(36)27-33)32-21-24-45-41(26-32)38-17-9-10-18-44(38)49-45/h1-28H. The molecule has 0 amide bonds. The first kappa shape index (κ1) is 27.9. The van der Waals surface area contributed by atoms with Crippen LogP contribution in [0.3, 0.4) is 0 Å². The van der Waals surface area contributed by atoms with Crippen molar-refractivity contribution in [2.45, 2.75) is 0 Å². The summed E-state index contributed by atoms with van der Waals surface area (Å²) in [5.74, 6) is 0.723. The number of nitrogens with zero attached hydrogens (tertiary/aromatic N) is 2. The van der Waals surface area contributed by atoms with Gasteiger partial charge in [0.2, 0.25) is 0 Å². The van der Waals surface area contributed by atoms with E-state index in [1.807, 2.05) is 35.6 Å². The Balaban J connectivity index is 1.18. The Bertz CT molecular complexity index is 2810. The van der Waals surface area contributed by atoms with E-state index in [0.717, 1.165) is 33.9 Å². The predicted molar refractivity (Wildman–Crippen MR) is 209 cm³/mol. The van der Waals surface area contributed by atoms with Crippen molar-refractivity contribution in [1.29, 1.82) is 0 Å². The Morgan fingerprint density at radius 2 is 0.755 bits per heavy atom. The van der Waals surface area contributed by atoms with Crippen LogP contribution in [0.1, 0.15) is 0 Å². The molecule has 8 aromatic carbocycles. The van der Waals surface area contributed by atoms with E-state index in [-0.39, 0.29) is 0 Å². The van der Waals surface area contributed by atoms with E-state index < -0.39 is 0 Å². The van der Waals surface area contributed by atoms with E-state index in [1.165, 1.54) is 63.6 Å². The molecule has 0 spiro atoms. The van der Waals surface area contributed by atoms with Gasteiger partial charge in [0, 0.05) is 36.9 Å². The fourth-order valence-corrected chi connectivity index (χ4v) is 8.36. The van der Waals surface area contributed by atoms with E-state index in [4.69, 9.17) is 9.97 Å². The first-order valence-electron chi connectivity index (χ1n) is 16.6. The minimum atomic E-state index is 0.723. The van der Waals surface area contributed by atoms with Crippen LogP contribution in [0.5, 0.6) is 0 Å². The highest BCUT2D eigenvalue weighted by Gasteiger charge is 2.15. The van der Waals surface area contributed by atoms with Crippen molar-refractivity contribution in [2.75, 3.05) is 0 Å². The highest BCUT2D eigenvalue weighted by Crippen LogP contribution is 2.41. The summed E-state index contributed by atoms with van der Waals surface area (Å²) in [6.45, 7) is 0.